The van der Waals surface area contributed by atoms with Crippen molar-refractivity contribution >= 4 is 53.2 Å². The lowest BCUT2D eigenvalue weighted by molar-refractivity contribution is -0.385. The molecule has 1 unspecified atom stereocenters. The summed E-state index contributed by atoms with van der Waals surface area (Å²) in [6.45, 7) is 4.00. The van der Waals surface area contributed by atoms with E-state index in [1.807, 2.05) is 6.92 Å². The zero-order chi connectivity index (χ0) is 30.1. The van der Waals surface area contributed by atoms with E-state index in [0.29, 0.717) is 60.8 Å². The van der Waals surface area contributed by atoms with Gasteiger partial charge in [0.2, 0.25) is 11.8 Å². The van der Waals surface area contributed by atoms with Gasteiger partial charge in [0, 0.05) is 23.4 Å². The Labute approximate surface area is 255 Å². The van der Waals surface area contributed by atoms with E-state index < -0.39 is 39.9 Å². The molecular weight excluding hydrogens is 589 g/mol. The van der Waals surface area contributed by atoms with Gasteiger partial charge in [-0.15, -0.1) is 12.4 Å². The Balaban J connectivity index is 0.00000616. The van der Waals surface area contributed by atoms with E-state index in [0.717, 1.165) is 5.56 Å². The maximum absolute atomic E-state index is 13.8. The van der Waals surface area contributed by atoms with Crippen LogP contribution in [0, 0.1) is 16.0 Å². The number of ether oxygens (including phenoxy) is 1. The number of hydrogen-bond acceptors (Lipinski definition) is 8. The summed E-state index contributed by atoms with van der Waals surface area (Å²) in [4.78, 5) is 56.3. The Kier molecular flexibility index (Phi) is 13.2. The molecule has 11 nitrogen and oxygen atoms in total. The second kappa shape index (κ2) is 16.1. The fourth-order valence-electron chi connectivity index (χ4n) is 5.02. The molecule has 0 aliphatic carbocycles. The third kappa shape index (κ3) is 8.65. The first kappa shape index (κ1) is 34.5. The molecular formula is C29H35Cl2N3O8. The highest BCUT2D eigenvalue weighted by atomic mass is 35.5. The molecule has 42 heavy (non-hydrogen) atoms. The Hall–Kier alpha value is -3.70. The number of carbonyl (C=O) groups excluding carboxylic acids is 2. The second-order valence-corrected chi connectivity index (χ2v) is 10.3. The van der Waals surface area contributed by atoms with Crippen LogP contribution in [0.4, 0.5) is 5.69 Å². The first-order valence-corrected chi connectivity index (χ1v) is 13.8. The molecule has 2 aromatic rings. The fourth-order valence-corrected chi connectivity index (χ4v) is 5.21. The molecule has 1 saturated heterocycles. The third-order valence-corrected chi connectivity index (χ3v) is 7.28. The Morgan fingerprint density at radius 1 is 1.24 bits per heavy atom. The van der Waals surface area contributed by atoms with Crippen molar-refractivity contribution < 1.29 is 34.0 Å². The summed E-state index contributed by atoms with van der Waals surface area (Å²) in [6, 6.07) is 9.05. The van der Waals surface area contributed by atoms with Crippen LogP contribution in [0.15, 0.2) is 41.6 Å². The topological polar surface area (TPSA) is 149 Å². The molecule has 0 saturated carbocycles. The van der Waals surface area contributed by atoms with Gasteiger partial charge in [0.25, 0.3) is 5.69 Å². The molecule has 1 fully saturated rings. The predicted octanol–water partition coefficient (Wildman–Crippen LogP) is 6.05. The number of rotatable bonds is 12. The standard InChI is InChI=1S/C29H34ClN3O8.ClH/c1-4-6-18(19-8-11-24(29(36)37)25(15-19)33(38)39)16-27(34)32-17-23(31-41-5-2)10-7-20(28(32)35)13-21-14-22(30)9-12-26(21)40-3;/h8-9,11-12,14-15,18,20H,4-7,10,13,16-17H2,1-3H3,(H,36,37);1H/b31-23+;/t18-,20?;/m0./s1. The normalized spacial score (nSPS) is 16.8. The van der Waals surface area contributed by atoms with E-state index in [1.165, 1.54) is 30.2 Å². The van der Waals surface area contributed by atoms with Gasteiger partial charge < -0.3 is 14.7 Å². The number of nitrogens with zero attached hydrogens (tertiary/aromatic N) is 3. The highest BCUT2D eigenvalue weighted by Crippen LogP contribution is 2.33. The van der Waals surface area contributed by atoms with Crippen molar-refractivity contribution in [3.8, 4) is 5.75 Å². The summed E-state index contributed by atoms with van der Waals surface area (Å²) in [6.07, 6.45) is 2.25. The Morgan fingerprint density at radius 3 is 2.60 bits per heavy atom. The highest BCUT2D eigenvalue weighted by Gasteiger charge is 2.35. The molecule has 228 valence electrons. The van der Waals surface area contributed by atoms with Crippen LogP contribution in [-0.4, -0.2) is 58.7 Å². The fraction of sp³-hybridized carbons (Fsp3) is 0.448. The van der Waals surface area contributed by atoms with Crippen LogP contribution in [0.1, 0.15) is 73.4 Å². The van der Waals surface area contributed by atoms with Gasteiger partial charge in [-0.1, -0.05) is 36.2 Å². The summed E-state index contributed by atoms with van der Waals surface area (Å²) in [5.74, 6) is -2.66. The van der Waals surface area contributed by atoms with Gasteiger partial charge in [-0.2, -0.15) is 0 Å². The number of methoxy groups -OCH3 is 1. The average Bonchev–Trinajstić information content (AvgIpc) is 3.10. The van der Waals surface area contributed by atoms with Crippen molar-refractivity contribution in [1.29, 1.82) is 0 Å². The Morgan fingerprint density at radius 2 is 1.98 bits per heavy atom. The highest BCUT2D eigenvalue weighted by molar-refractivity contribution is 6.30. The number of carboxylic acid groups (broad SMARTS) is 1. The van der Waals surface area contributed by atoms with Crippen LogP contribution in [0.25, 0.3) is 0 Å². The van der Waals surface area contributed by atoms with Crippen molar-refractivity contribution in [2.24, 2.45) is 11.1 Å². The predicted molar refractivity (Wildman–Crippen MR) is 160 cm³/mol. The van der Waals surface area contributed by atoms with Gasteiger partial charge in [-0.05, 0) is 73.9 Å². The third-order valence-electron chi connectivity index (χ3n) is 7.05. The summed E-state index contributed by atoms with van der Waals surface area (Å²) in [5.41, 5.74) is 0.783. The summed E-state index contributed by atoms with van der Waals surface area (Å²) in [5, 5.41) is 25.6. The molecule has 1 N–H and O–H groups in total. The van der Waals surface area contributed by atoms with Crippen LogP contribution in [0.5, 0.6) is 5.75 Å². The molecule has 2 aromatic carbocycles. The molecule has 0 radical (unpaired) electrons. The number of oxime groups is 1. The molecule has 13 heteroatoms. The summed E-state index contributed by atoms with van der Waals surface area (Å²) in [7, 11) is 1.53. The van der Waals surface area contributed by atoms with Crippen LogP contribution in [0.2, 0.25) is 5.02 Å². The first-order valence-electron chi connectivity index (χ1n) is 13.4. The van der Waals surface area contributed by atoms with Gasteiger partial charge in [0.15, 0.2) is 0 Å². The number of nitro groups is 1. The molecule has 1 aliphatic rings. The van der Waals surface area contributed by atoms with Crippen molar-refractivity contribution in [2.75, 3.05) is 20.3 Å². The van der Waals surface area contributed by atoms with Gasteiger partial charge in [0.1, 0.15) is 17.9 Å². The smallest absolute Gasteiger partial charge is 0.342 e. The average molecular weight is 625 g/mol. The molecule has 1 heterocycles. The van der Waals surface area contributed by atoms with Crippen molar-refractivity contribution in [3.63, 3.8) is 0 Å². The van der Waals surface area contributed by atoms with Crippen LogP contribution in [0.3, 0.4) is 0 Å². The van der Waals surface area contributed by atoms with E-state index in [2.05, 4.69) is 5.16 Å². The van der Waals surface area contributed by atoms with Gasteiger partial charge >= 0.3 is 5.97 Å². The van der Waals surface area contributed by atoms with Gasteiger partial charge in [-0.3, -0.25) is 24.6 Å². The number of nitro benzene ring substituents is 1. The molecule has 2 atom stereocenters. The molecule has 0 aromatic heterocycles. The maximum Gasteiger partial charge on any atom is 0.342 e. The minimum Gasteiger partial charge on any atom is -0.496 e. The lowest BCUT2D eigenvalue weighted by Crippen LogP contribution is -2.42. The van der Waals surface area contributed by atoms with Crippen LogP contribution >= 0.6 is 24.0 Å². The SMILES string of the molecule is CCC[C@@H](CC(=O)N1C/C(=N/OCC)CCC(Cc2cc(Cl)ccc2OC)C1=O)c1ccc(C(=O)O)c([N+](=O)[O-])c1.Cl. The monoisotopic (exact) mass is 623 g/mol. The van der Waals surface area contributed by atoms with E-state index in [4.69, 9.17) is 21.2 Å². The van der Waals surface area contributed by atoms with E-state index in [9.17, 15) is 29.6 Å². The zero-order valence-electron chi connectivity index (χ0n) is 23.7. The number of carbonyl (C=O) groups is 3. The molecule has 0 bridgehead atoms. The van der Waals surface area contributed by atoms with Crippen LogP contribution in [-0.2, 0) is 20.8 Å². The van der Waals surface area contributed by atoms with E-state index >= 15 is 0 Å². The number of aromatic carboxylic acids is 1. The quantitative estimate of drug-likeness (QED) is 0.222. The molecule has 2 amide bonds. The number of halogens is 2. The van der Waals surface area contributed by atoms with Crippen molar-refractivity contribution in [2.45, 2.75) is 58.3 Å². The van der Waals surface area contributed by atoms with Crippen molar-refractivity contribution in [1.82, 2.24) is 4.90 Å². The minimum absolute atomic E-state index is 0. The van der Waals surface area contributed by atoms with Crippen LogP contribution < -0.4 is 4.74 Å². The van der Waals surface area contributed by atoms with Gasteiger partial charge in [0.05, 0.1) is 24.3 Å². The number of benzene rings is 2. The number of imide groups is 1. The number of amides is 2. The molecule has 1 aliphatic heterocycles. The Bertz CT molecular complexity index is 1330. The zero-order valence-corrected chi connectivity index (χ0v) is 25.3. The summed E-state index contributed by atoms with van der Waals surface area (Å²) < 4.78 is 5.46. The number of likely N-dealkylation sites (tertiary alicyclic amines) is 1. The van der Waals surface area contributed by atoms with E-state index in [-0.39, 0.29) is 31.3 Å². The van der Waals surface area contributed by atoms with Gasteiger partial charge in [-0.25, -0.2) is 4.79 Å². The van der Waals surface area contributed by atoms with Crippen molar-refractivity contribution in [3.05, 3.63) is 68.2 Å². The summed E-state index contributed by atoms with van der Waals surface area (Å²) >= 11 is 6.21. The van der Waals surface area contributed by atoms with E-state index in [1.54, 1.807) is 25.1 Å². The molecule has 0 spiro atoms. The lowest BCUT2D eigenvalue weighted by Gasteiger charge is -2.25. The molecule has 3 rings (SSSR count). The maximum atomic E-state index is 13.8. The number of carboxylic acids is 1. The lowest BCUT2D eigenvalue weighted by atomic mass is 9.89. The second-order valence-electron chi connectivity index (χ2n) is 9.82. The first-order chi connectivity index (χ1) is 19.6. The minimum atomic E-state index is -1.41. The largest absolute Gasteiger partial charge is 0.496 e. The number of hydrogen-bond donors (Lipinski definition) is 1.